The highest BCUT2D eigenvalue weighted by molar-refractivity contribution is 5.99. The molecule has 1 heterocycles. The molecule has 3 unspecified atom stereocenters. The Labute approximate surface area is 232 Å². The van der Waals surface area contributed by atoms with Gasteiger partial charge < -0.3 is 19.9 Å². The number of nitrogens with one attached hydrogen (secondary N) is 1. The highest BCUT2D eigenvalue weighted by atomic mass is 16.5. The molecule has 204 valence electrons. The van der Waals surface area contributed by atoms with Crippen LogP contribution in [-0.2, 0) is 16.0 Å². The number of hydrogen-bond acceptors (Lipinski definition) is 4. The van der Waals surface area contributed by atoms with Crippen molar-refractivity contribution in [2.24, 2.45) is 5.92 Å². The van der Waals surface area contributed by atoms with Crippen molar-refractivity contribution in [2.75, 3.05) is 23.3 Å². The van der Waals surface area contributed by atoms with Gasteiger partial charge in [-0.1, -0.05) is 62.4 Å². The first kappa shape index (κ1) is 26.8. The van der Waals surface area contributed by atoms with E-state index in [-0.39, 0.29) is 23.8 Å². The van der Waals surface area contributed by atoms with Gasteiger partial charge >= 0.3 is 0 Å². The second-order valence-corrected chi connectivity index (χ2v) is 10.8. The zero-order valence-electron chi connectivity index (χ0n) is 23.4. The summed E-state index contributed by atoms with van der Waals surface area (Å²) in [6, 6.07) is 22.8. The Morgan fingerprint density at radius 3 is 2.44 bits per heavy atom. The number of hydrogen-bond donors (Lipinski definition) is 1. The SMILES string of the molecule is CCN(CC)c1ccc2c(c1)OC(C(C)C)C(=O)N(C1CCCc3ccccc31)C2C(=O)Nc1ccccc1. The van der Waals surface area contributed by atoms with Crippen LogP contribution in [0.3, 0.4) is 0 Å². The molecular weight excluding hydrogens is 486 g/mol. The lowest BCUT2D eigenvalue weighted by Crippen LogP contribution is -2.49. The third-order valence-electron chi connectivity index (χ3n) is 8.02. The fourth-order valence-corrected chi connectivity index (χ4v) is 6.02. The highest BCUT2D eigenvalue weighted by Gasteiger charge is 2.46. The minimum absolute atomic E-state index is 0.0697. The number of carbonyl (C=O) groups is 2. The molecule has 0 bridgehead atoms. The fourth-order valence-electron chi connectivity index (χ4n) is 6.02. The molecule has 1 aliphatic carbocycles. The fraction of sp³-hybridized carbons (Fsp3) is 0.394. The van der Waals surface area contributed by atoms with E-state index in [1.54, 1.807) is 0 Å². The third-order valence-corrected chi connectivity index (χ3v) is 8.02. The van der Waals surface area contributed by atoms with E-state index in [2.05, 4.69) is 42.3 Å². The lowest BCUT2D eigenvalue weighted by molar-refractivity contribution is -0.148. The van der Waals surface area contributed by atoms with Crippen molar-refractivity contribution in [3.63, 3.8) is 0 Å². The molecule has 0 spiro atoms. The smallest absolute Gasteiger partial charge is 0.265 e. The number of aryl methyl sites for hydroxylation is 1. The van der Waals surface area contributed by atoms with Crippen LogP contribution in [0.25, 0.3) is 0 Å². The summed E-state index contributed by atoms with van der Waals surface area (Å²) in [4.78, 5) is 32.8. The molecule has 2 amide bonds. The van der Waals surface area contributed by atoms with Crippen molar-refractivity contribution in [2.45, 2.75) is 65.1 Å². The lowest BCUT2D eigenvalue weighted by atomic mass is 9.85. The van der Waals surface area contributed by atoms with E-state index in [1.165, 1.54) is 5.56 Å². The van der Waals surface area contributed by atoms with Crippen molar-refractivity contribution < 1.29 is 14.3 Å². The Kier molecular flexibility index (Phi) is 7.92. The van der Waals surface area contributed by atoms with E-state index >= 15 is 0 Å². The molecule has 2 aliphatic rings. The topological polar surface area (TPSA) is 61.9 Å². The number of ether oxygens (including phenoxy) is 1. The second-order valence-electron chi connectivity index (χ2n) is 10.8. The molecule has 3 atom stereocenters. The number of fused-ring (bicyclic) bond motifs is 2. The van der Waals surface area contributed by atoms with E-state index in [1.807, 2.05) is 73.3 Å². The van der Waals surface area contributed by atoms with Gasteiger partial charge in [0.25, 0.3) is 11.8 Å². The number of benzene rings is 3. The maximum Gasteiger partial charge on any atom is 0.265 e. The van der Waals surface area contributed by atoms with Crippen LogP contribution in [0, 0.1) is 5.92 Å². The summed E-state index contributed by atoms with van der Waals surface area (Å²) in [6.45, 7) is 9.96. The largest absolute Gasteiger partial charge is 0.480 e. The Morgan fingerprint density at radius 2 is 1.72 bits per heavy atom. The standard InChI is InChI=1S/C33H39N3O3/c1-5-35(6-2)25-19-20-27-29(21-25)39-31(22(3)4)33(38)36(28-18-12-14-23-13-10-11-17-26(23)28)30(27)32(37)34-24-15-8-7-9-16-24/h7-11,13,15-17,19-22,28,30-31H,5-6,12,14,18H2,1-4H3,(H,34,37). The minimum Gasteiger partial charge on any atom is -0.480 e. The van der Waals surface area contributed by atoms with Gasteiger partial charge in [0.05, 0.1) is 6.04 Å². The quantitative estimate of drug-likeness (QED) is 0.381. The van der Waals surface area contributed by atoms with Gasteiger partial charge in [-0.3, -0.25) is 9.59 Å². The Balaban J connectivity index is 1.68. The molecule has 0 fully saturated rings. The molecule has 3 aromatic carbocycles. The van der Waals surface area contributed by atoms with Gasteiger partial charge in [0.15, 0.2) is 6.10 Å². The van der Waals surface area contributed by atoms with E-state index in [0.717, 1.165) is 49.2 Å². The van der Waals surface area contributed by atoms with Gasteiger partial charge in [-0.15, -0.1) is 0 Å². The molecule has 5 rings (SSSR count). The molecule has 0 saturated heterocycles. The van der Waals surface area contributed by atoms with Crippen LogP contribution >= 0.6 is 0 Å². The van der Waals surface area contributed by atoms with Crippen molar-refractivity contribution in [3.05, 3.63) is 89.5 Å². The molecular formula is C33H39N3O3. The number of rotatable bonds is 7. The molecule has 1 N–H and O–H groups in total. The molecule has 0 aromatic heterocycles. The number of anilines is 2. The summed E-state index contributed by atoms with van der Waals surface area (Å²) in [6.07, 6.45) is 2.04. The van der Waals surface area contributed by atoms with Crippen molar-refractivity contribution in [1.82, 2.24) is 4.90 Å². The molecule has 6 heteroatoms. The molecule has 0 radical (unpaired) electrons. The minimum atomic E-state index is -0.835. The van der Waals surface area contributed by atoms with Crippen LogP contribution < -0.4 is 15.0 Å². The monoisotopic (exact) mass is 525 g/mol. The predicted molar refractivity (Wildman–Crippen MR) is 156 cm³/mol. The average molecular weight is 526 g/mol. The van der Waals surface area contributed by atoms with Crippen molar-refractivity contribution in [1.29, 1.82) is 0 Å². The van der Waals surface area contributed by atoms with E-state index in [0.29, 0.717) is 11.4 Å². The van der Waals surface area contributed by atoms with E-state index in [9.17, 15) is 9.59 Å². The highest BCUT2D eigenvalue weighted by Crippen LogP contribution is 2.45. The third kappa shape index (κ3) is 5.25. The van der Waals surface area contributed by atoms with E-state index in [4.69, 9.17) is 4.74 Å². The molecule has 0 saturated carbocycles. The van der Waals surface area contributed by atoms with Gasteiger partial charge in [0.2, 0.25) is 0 Å². The number of nitrogens with zero attached hydrogens (tertiary/aromatic N) is 2. The summed E-state index contributed by atoms with van der Waals surface area (Å²) in [5, 5.41) is 3.10. The van der Waals surface area contributed by atoms with Crippen LogP contribution in [0.2, 0.25) is 0 Å². The van der Waals surface area contributed by atoms with Gasteiger partial charge in [-0.2, -0.15) is 0 Å². The van der Waals surface area contributed by atoms with Crippen LogP contribution in [0.5, 0.6) is 5.75 Å². The van der Waals surface area contributed by atoms with Crippen LogP contribution in [0.15, 0.2) is 72.8 Å². The van der Waals surface area contributed by atoms with Crippen LogP contribution in [0.1, 0.15) is 69.3 Å². The Bertz CT molecular complexity index is 1320. The van der Waals surface area contributed by atoms with Crippen LogP contribution in [0.4, 0.5) is 11.4 Å². The number of para-hydroxylation sites is 1. The first-order chi connectivity index (χ1) is 18.9. The number of carbonyl (C=O) groups excluding carboxylic acids is 2. The Morgan fingerprint density at radius 1 is 1.00 bits per heavy atom. The summed E-state index contributed by atoms with van der Waals surface area (Å²) >= 11 is 0. The zero-order chi connectivity index (χ0) is 27.5. The summed E-state index contributed by atoms with van der Waals surface area (Å²) < 4.78 is 6.55. The molecule has 6 nitrogen and oxygen atoms in total. The predicted octanol–water partition coefficient (Wildman–Crippen LogP) is 6.54. The zero-order valence-corrected chi connectivity index (χ0v) is 23.4. The first-order valence-corrected chi connectivity index (χ1v) is 14.2. The maximum atomic E-state index is 14.5. The maximum absolute atomic E-state index is 14.5. The van der Waals surface area contributed by atoms with Gasteiger partial charge in [0.1, 0.15) is 11.8 Å². The van der Waals surface area contributed by atoms with Gasteiger partial charge in [-0.05, 0) is 68.4 Å². The van der Waals surface area contributed by atoms with Gasteiger partial charge in [-0.25, -0.2) is 0 Å². The van der Waals surface area contributed by atoms with E-state index < -0.39 is 12.1 Å². The second kappa shape index (κ2) is 11.5. The molecule has 3 aromatic rings. The number of amides is 2. The van der Waals surface area contributed by atoms with Crippen LogP contribution in [-0.4, -0.2) is 35.9 Å². The summed E-state index contributed by atoms with van der Waals surface area (Å²) in [5.74, 6) is 0.161. The molecule has 39 heavy (non-hydrogen) atoms. The summed E-state index contributed by atoms with van der Waals surface area (Å²) in [5.41, 5.74) is 4.81. The Hall–Kier alpha value is -3.80. The van der Waals surface area contributed by atoms with Crippen molar-refractivity contribution in [3.8, 4) is 5.75 Å². The first-order valence-electron chi connectivity index (χ1n) is 14.2. The normalized spacial score (nSPS) is 20.5. The molecule has 1 aliphatic heterocycles. The van der Waals surface area contributed by atoms with Crippen molar-refractivity contribution >= 4 is 23.2 Å². The average Bonchev–Trinajstić information content (AvgIpc) is 3.08. The lowest BCUT2D eigenvalue weighted by Gasteiger charge is -2.40. The summed E-state index contributed by atoms with van der Waals surface area (Å²) in [7, 11) is 0. The van der Waals surface area contributed by atoms with Gasteiger partial charge in [0, 0.05) is 36.1 Å².